The lowest BCUT2D eigenvalue weighted by atomic mass is 10.1. The molecule has 1 aromatic heterocycles. The highest BCUT2D eigenvalue weighted by Gasteiger charge is 2.04. The summed E-state index contributed by atoms with van der Waals surface area (Å²) in [5.74, 6) is 0.732. The SMILES string of the molecule is CCc1ccc(OCc2nc(C)cs2)c(N)c1. The van der Waals surface area contributed by atoms with Gasteiger partial charge in [-0.05, 0) is 31.0 Å². The van der Waals surface area contributed by atoms with E-state index in [0.29, 0.717) is 12.3 Å². The molecule has 1 heterocycles. The molecule has 0 atom stereocenters. The molecule has 0 aliphatic heterocycles. The largest absolute Gasteiger partial charge is 0.484 e. The number of nitrogen functional groups attached to an aromatic ring is 1. The van der Waals surface area contributed by atoms with E-state index in [1.807, 2.05) is 30.5 Å². The van der Waals surface area contributed by atoms with Crippen LogP contribution in [-0.4, -0.2) is 4.98 Å². The lowest BCUT2D eigenvalue weighted by molar-refractivity contribution is 0.307. The van der Waals surface area contributed by atoms with Crippen molar-refractivity contribution in [1.82, 2.24) is 4.98 Å². The summed E-state index contributed by atoms with van der Waals surface area (Å²) < 4.78 is 5.66. The number of aryl methyl sites for hydroxylation is 2. The summed E-state index contributed by atoms with van der Waals surface area (Å²) in [4.78, 5) is 4.34. The van der Waals surface area contributed by atoms with Gasteiger partial charge in [0.2, 0.25) is 0 Å². The predicted octanol–water partition coefficient (Wildman–Crippen LogP) is 3.18. The topological polar surface area (TPSA) is 48.1 Å². The molecular formula is C13H16N2OS. The maximum atomic E-state index is 5.92. The molecule has 4 heteroatoms. The fraction of sp³-hybridized carbons (Fsp3) is 0.308. The van der Waals surface area contributed by atoms with Crippen molar-refractivity contribution in [3.05, 3.63) is 39.8 Å². The third kappa shape index (κ3) is 2.97. The number of thiazole rings is 1. The first kappa shape index (κ1) is 11.9. The summed E-state index contributed by atoms with van der Waals surface area (Å²) in [5, 5.41) is 2.99. The Labute approximate surface area is 105 Å². The Morgan fingerprint density at radius 2 is 2.24 bits per heavy atom. The van der Waals surface area contributed by atoms with Gasteiger partial charge in [-0.25, -0.2) is 4.98 Å². The summed E-state index contributed by atoms with van der Waals surface area (Å²) in [7, 11) is 0. The molecule has 0 fully saturated rings. The van der Waals surface area contributed by atoms with Gasteiger partial charge in [0.1, 0.15) is 17.4 Å². The van der Waals surface area contributed by atoms with E-state index in [4.69, 9.17) is 10.5 Å². The Morgan fingerprint density at radius 3 is 2.82 bits per heavy atom. The Bertz CT molecular complexity index is 508. The van der Waals surface area contributed by atoms with Gasteiger partial charge in [-0.2, -0.15) is 0 Å². The number of ether oxygens (including phenoxy) is 1. The highest BCUT2D eigenvalue weighted by Crippen LogP contribution is 2.24. The van der Waals surface area contributed by atoms with Gasteiger partial charge in [-0.1, -0.05) is 13.0 Å². The summed E-state index contributed by atoms with van der Waals surface area (Å²) >= 11 is 1.61. The van der Waals surface area contributed by atoms with Crippen LogP contribution in [0, 0.1) is 6.92 Å². The molecule has 0 aliphatic rings. The van der Waals surface area contributed by atoms with Gasteiger partial charge in [0.25, 0.3) is 0 Å². The molecule has 0 amide bonds. The zero-order valence-corrected chi connectivity index (χ0v) is 10.9. The minimum atomic E-state index is 0.480. The lowest BCUT2D eigenvalue weighted by Gasteiger charge is -2.08. The van der Waals surface area contributed by atoms with Gasteiger partial charge >= 0.3 is 0 Å². The highest BCUT2D eigenvalue weighted by atomic mass is 32.1. The van der Waals surface area contributed by atoms with E-state index in [-0.39, 0.29) is 0 Å². The first-order valence-corrected chi connectivity index (χ1v) is 6.49. The van der Waals surface area contributed by atoms with Crippen LogP contribution in [0.1, 0.15) is 23.2 Å². The second kappa shape index (κ2) is 5.19. The molecule has 2 rings (SSSR count). The van der Waals surface area contributed by atoms with Crippen molar-refractivity contribution in [2.45, 2.75) is 26.9 Å². The number of rotatable bonds is 4. The monoisotopic (exact) mass is 248 g/mol. The molecule has 0 saturated heterocycles. The first-order valence-electron chi connectivity index (χ1n) is 5.61. The van der Waals surface area contributed by atoms with E-state index < -0.39 is 0 Å². The standard InChI is InChI=1S/C13H16N2OS/c1-3-10-4-5-12(11(14)6-10)16-7-13-15-9(2)8-17-13/h4-6,8H,3,7,14H2,1-2H3. The molecule has 2 N–H and O–H groups in total. The third-order valence-corrected chi connectivity index (χ3v) is 3.44. The van der Waals surface area contributed by atoms with E-state index in [1.54, 1.807) is 11.3 Å². The predicted molar refractivity (Wildman–Crippen MR) is 71.4 cm³/mol. The number of hydrogen-bond acceptors (Lipinski definition) is 4. The number of hydrogen-bond donors (Lipinski definition) is 1. The van der Waals surface area contributed by atoms with Crippen molar-refractivity contribution in [2.75, 3.05) is 5.73 Å². The maximum absolute atomic E-state index is 5.92. The van der Waals surface area contributed by atoms with E-state index in [0.717, 1.165) is 22.9 Å². The number of anilines is 1. The normalized spacial score (nSPS) is 10.5. The molecule has 90 valence electrons. The van der Waals surface area contributed by atoms with Crippen molar-refractivity contribution in [3.63, 3.8) is 0 Å². The quantitative estimate of drug-likeness (QED) is 0.845. The molecule has 17 heavy (non-hydrogen) atoms. The highest BCUT2D eigenvalue weighted by molar-refractivity contribution is 7.09. The Hall–Kier alpha value is -1.55. The average molecular weight is 248 g/mol. The molecule has 0 unspecified atom stereocenters. The number of nitrogens with two attached hydrogens (primary N) is 1. The van der Waals surface area contributed by atoms with Crippen LogP contribution in [0.3, 0.4) is 0 Å². The van der Waals surface area contributed by atoms with Crippen LogP contribution >= 0.6 is 11.3 Å². The average Bonchev–Trinajstić information content (AvgIpc) is 2.73. The van der Waals surface area contributed by atoms with Crippen LogP contribution in [0.2, 0.25) is 0 Å². The molecule has 0 radical (unpaired) electrons. The molecule has 3 nitrogen and oxygen atoms in total. The van der Waals surface area contributed by atoms with Crippen molar-refractivity contribution in [1.29, 1.82) is 0 Å². The fourth-order valence-electron chi connectivity index (χ4n) is 1.56. The Balaban J connectivity index is 2.04. The van der Waals surface area contributed by atoms with Gasteiger partial charge in [0, 0.05) is 11.1 Å². The van der Waals surface area contributed by atoms with Crippen molar-refractivity contribution < 1.29 is 4.74 Å². The zero-order chi connectivity index (χ0) is 12.3. The van der Waals surface area contributed by atoms with Gasteiger partial charge in [0.15, 0.2) is 0 Å². The number of benzene rings is 1. The molecule has 1 aromatic carbocycles. The smallest absolute Gasteiger partial charge is 0.142 e. The number of nitrogens with zero attached hydrogens (tertiary/aromatic N) is 1. The van der Waals surface area contributed by atoms with E-state index in [1.165, 1.54) is 5.56 Å². The molecular weight excluding hydrogens is 232 g/mol. The van der Waals surface area contributed by atoms with Gasteiger partial charge in [-0.3, -0.25) is 0 Å². The van der Waals surface area contributed by atoms with E-state index in [2.05, 4.69) is 11.9 Å². The summed E-state index contributed by atoms with van der Waals surface area (Å²) in [6.07, 6.45) is 0.982. The van der Waals surface area contributed by atoms with Gasteiger partial charge in [-0.15, -0.1) is 11.3 Å². The van der Waals surface area contributed by atoms with Crippen LogP contribution in [0.15, 0.2) is 23.6 Å². The first-order chi connectivity index (χ1) is 8.19. The van der Waals surface area contributed by atoms with Gasteiger partial charge < -0.3 is 10.5 Å². The van der Waals surface area contributed by atoms with Crippen LogP contribution in [0.5, 0.6) is 5.75 Å². The Kier molecular flexibility index (Phi) is 3.64. The van der Waals surface area contributed by atoms with Gasteiger partial charge in [0.05, 0.1) is 5.69 Å². The second-order valence-electron chi connectivity index (χ2n) is 3.90. The molecule has 2 aromatic rings. The van der Waals surface area contributed by atoms with Crippen molar-refractivity contribution in [2.24, 2.45) is 0 Å². The molecule has 0 aliphatic carbocycles. The second-order valence-corrected chi connectivity index (χ2v) is 4.84. The molecule has 0 spiro atoms. The van der Waals surface area contributed by atoms with E-state index in [9.17, 15) is 0 Å². The summed E-state index contributed by atoms with van der Waals surface area (Å²) in [6.45, 7) is 4.56. The molecule has 0 bridgehead atoms. The van der Waals surface area contributed by atoms with Crippen molar-refractivity contribution >= 4 is 17.0 Å². The molecule has 0 saturated carbocycles. The fourth-order valence-corrected chi connectivity index (χ4v) is 2.24. The summed E-state index contributed by atoms with van der Waals surface area (Å²) in [6, 6.07) is 5.93. The van der Waals surface area contributed by atoms with Crippen LogP contribution in [-0.2, 0) is 13.0 Å². The van der Waals surface area contributed by atoms with Crippen LogP contribution in [0.25, 0.3) is 0 Å². The number of aromatic nitrogens is 1. The minimum Gasteiger partial charge on any atom is -0.484 e. The lowest BCUT2D eigenvalue weighted by Crippen LogP contribution is -1.99. The zero-order valence-electron chi connectivity index (χ0n) is 10.1. The van der Waals surface area contributed by atoms with Crippen molar-refractivity contribution in [3.8, 4) is 5.75 Å². The maximum Gasteiger partial charge on any atom is 0.142 e. The minimum absolute atomic E-state index is 0.480. The van der Waals surface area contributed by atoms with E-state index >= 15 is 0 Å². The van der Waals surface area contributed by atoms with Crippen LogP contribution in [0.4, 0.5) is 5.69 Å². The Morgan fingerprint density at radius 1 is 1.41 bits per heavy atom. The summed E-state index contributed by atoms with van der Waals surface area (Å²) in [5.41, 5.74) is 8.87. The van der Waals surface area contributed by atoms with Crippen LogP contribution < -0.4 is 10.5 Å². The third-order valence-electron chi connectivity index (χ3n) is 2.50.